The van der Waals surface area contributed by atoms with Gasteiger partial charge in [0.05, 0.1) is 12.5 Å². The van der Waals surface area contributed by atoms with E-state index in [0.29, 0.717) is 38.4 Å². The van der Waals surface area contributed by atoms with Gasteiger partial charge < -0.3 is 15.0 Å². The first-order chi connectivity index (χ1) is 12.0. The number of anilines is 1. The van der Waals surface area contributed by atoms with E-state index in [1.165, 1.54) is 6.20 Å². The molecule has 1 amide bonds. The Balaban J connectivity index is 1.94. The molecule has 132 valence electrons. The summed E-state index contributed by atoms with van der Waals surface area (Å²) in [5.74, 6) is -0.164. The Labute approximate surface area is 147 Å². The standard InChI is InChI=1S/C18H22N4O3/c1-3-25-18(24)14-6-8-22(9-7-14)17(23)15(10-19)12-21-16-5-4-13(2)11-20-16/h4-5,11-12,14H,3,6-9H2,1-2H3,(H,20,21)/b15-12-. The summed E-state index contributed by atoms with van der Waals surface area (Å²) in [5.41, 5.74) is 1.03. The summed E-state index contributed by atoms with van der Waals surface area (Å²) >= 11 is 0. The van der Waals surface area contributed by atoms with Gasteiger partial charge in [0.25, 0.3) is 5.91 Å². The topological polar surface area (TPSA) is 95.3 Å². The second kappa shape index (κ2) is 8.83. The van der Waals surface area contributed by atoms with Crippen molar-refractivity contribution in [2.75, 3.05) is 25.0 Å². The van der Waals surface area contributed by atoms with Gasteiger partial charge in [-0.05, 0) is 38.3 Å². The van der Waals surface area contributed by atoms with Crippen LogP contribution >= 0.6 is 0 Å². The molecule has 1 fully saturated rings. The van der Waals surface area contributed by atoms with Gasteiger partial charge in [-0.25, -0.2) is 4.98 Å². The van der Waals surface area contributed by atoms with Crippen LogP contribution in [-0.2, 0) is 14.3 Å². The fourth-order valence-electron chi connectivity index (χ4n) is 2.59. The largest absolute Gasteiger partial charge is 0.466 e. The van der Waals surface area contributed by atoms with Gasteiger partial charge in [-0.2, -0.15) is 5.26 Å². The monoisotopic (exact) mass is 342 g/mol. The number of aromatic nitrogens is 1. The predicted molar refractivity (Wildman–Crippen MR) is 92.2 cm³/mol. The number of amides is 1. The molecule has 1 aliphatic rings. The van der Waals surface area contributed by atoms with Crippen LogP contribution in [0.5, 0.6) is 0 Å². The second-order valence-electron chi connectivity index (χ2n) is 5.85. The number of carbonyl (C=O) groups excluding carboxylic acids is 2. The number of hydrogen-bond acceptors (Lipinski definition) is 6. The van der Waals surface area contributed by atoms with Crippen molar-refractivity contribution in [2.45, 2.75) is 26.7 Å². The van der Waals surface area contributed by atoms with Crippen LogP contribution in [0.3, 0.4) is 0 Å². The van der Waals surface area contributed by atoms with E-state index in [0.717, 1.165) is 5.56 Å². The Morgan fingerprint density at radius 2 is 2.16 bits per heavy atom. The van der Waals surface area contributed by atoms with Crippen LogP contribution in [0.25, 0.3) is 0 Å². The molecule has 1 aromatic rings. The lowest BCUT2D eigenvalue weighted by molar-refractivity contribution is -0.150. The van der Waals surface area contributed by atoms with E-state index in [1.54, 1.807) is 24.1 Å². The minimum absolute atomic E-state index is 0.0111. The summed E-state index contributed by atoms with van der Waals surface area (Å²) in [4.78, 5) is 30.0. The van der Waals surface area contributed by atoms with Crippen molar-refractivity contribution in [3.05, 3.63) is 35.7 Å². The average Bonchev–Trinajstić information content (AvgIpc) is 2.64. The zero-order chi connectivity index (χ0) is 18.2. The molecule has 7 heteroatoms. The Bertz CT molecular complexity index is 683. The third-order valence-corrected chi connectivity index (χ3v) is 4.03. The minimum Gasteiger partial charge on any atom is -0.466 e. The van der Waals surface area contributed by atoms with Crippen molar-refractivity contribution in [3.63, 3.8) is 0 Å². The maximum atomic E-state index is 12.5. The van der Waals surface area contributed by atoms with Crippen molar-refractivity contribution in [1.29, 1.82) is 5.26 Å². The Kier molecular flexibility index (Phi) is 6.52. The molecule has 2 heterocycles. The minimum atomic E-state index is -0.343. The van der Waals surface area contributed by atoms with E-state index < -0.39 is 0 Å². The van der Waals surface area contributed by atoms with Crippen LogP contribution < -0.4 is 5.32 Å². The fraction of sp³-hybridized carbons (Fsp3) is 0.444. The summed E-state index contributed by atoms with van der Waals surface area (Å²) in [6.45, 7) is 4.93. The second-order valence-corrected chi connectivity index (χ2v) is 5.85. The molecule has 0 unspecified atom stereocenters. The predicted octanol–water partition coefficient (Wildman–Crippen LogP) is 2.01. The molecule has 0 atom stereocenters. The van der Waals surface area contributed by atoms with Gasteiger partial charge in [0.2, 0.25) is 0 Å². The van der Waals surface area contributed by atoms with Crippen LogP contribution in [-0.4, -0.2) is 41.5 Å². The maximum Gasteiger partial charge on any atom is 0.309 e. The molecule has 1 N–H and O–H groups in total. The van der Waals surface area contributed by atoms with Crippen LogP contribution in [0.4, 0.5) is 5.82 Å². The lowest BCUT2D eigenvalue weighted by atomic mass is 9.96. The first-order valence-electron chi connectivity index (χ1n) is 8.30. The average molecular weight is 342 g/mol. The van der Waals surface area contributed by atoms with Crippen LogP contribution in [0.15, 0.2) is 30.1 Å². The van der Waals surface area contributed by atoms with Gasteiger partial charge in [-0.3, -0.25) is 9.59 Å². The lowest BCUT2D eigenvalue weighted by Gasteiger charge is -2.30. The summed E-state index contributed by atoms with van der Waals surface area (Å²) < 4.78 is 5.02. The van der Waals surface area contributed by atoms with Gasteiger partial charge >= 0.3 is 5.97 Å². The number of hydrogen-bond donors (Lipinski definition) is 1. The number of nitrogens with one attached hydrogen (secondary N) is 1. The number of carbonyl (C=O) groups is 2. The number of piperidine rings is 1. The molecular formula is C18H22N4O3. The van der Waals surface area contributed by atoms with E-state index in [1.807, 2.05) is 19.1 Å². The highest BCUT2D eigenvalue weighted by molar-refractivity contribution is 5.97. The first-order valence-corrected chi connectivity index (χ1v) is 8.30. The van der Waals surface area contributed by atoms with Crippen molar-refractivity contribution < 1.29 is 14.3 Å². The summed E-state index contributed by atoms with van der Waals surface area (Å²) in [6.07, 6.45) is 4.17. The van der Waals surface area contributed by atoms with E-state index in [-0.39, 0.29) is 23.4 Å². The number of pyridine rings is 1. The van der Waals surface area contributed by atoms with Crippen molar-refractivity contribution in [1.82, 2.24) is 9.88 Å². The zero-order valence-corrected chi connectivity index (χ0v) is 14.5. The summed E-state index contributed by atoms with van der Waals surface area (Å²) in [5, 5.41) is 12.1. The summed E-state index contributed by atoms with van der Waals surface area (Å²) in [6, 6.07) is 5.58. The number of aryl methyl sites for hydroxylation is 1. The Morgan fingerprint density at radius 1 is 1.44 bits per heavy atom. The van der Waals surface area contributed by atoms with Gasteiger partial charge in [-0.1, -0.05) is 6.07 Å². The third kappa shape index (κ3) is 5.05. The van der Waals surface area contributed by atoms with E-state index in [2.05, 4.69) is 10.3 Å². The molecular weight excluding hydrogens is 320 g/mol. The Morgan fingerprint density at radius 3 is 2.72 bits per heavy atom. The van der Waals surface area contributed by atoms with Crippen LogP contribution in [0.1, 0.15) is 25.3 Å². The number of nitrogens with zero attached hydrogens (tertiary/aromatic N) is 3. The van der Waals surface area contributed by atoms with Gasteiger partial charge in [0, 0.05) is 25.5 Å². The number of ether oxygens (including phenoxy) is 1. The van der Waals surface area contributed by atoms with Gasteiger partial charge in [0.15, 0.2) is 0 Å². The lowest BCUT2D eigenvalue weighted by Crippen LogP contribution is -2.41. The van der Waals surface area contributed by atoms with Gasteiger partial charge in [0.1, 0.15) is 17.5 Å². The van der Waals surface area contributed by atoms with Gasteiger partial charge in [-0.15, -0.1) is 0 Å². The molecule has 0 bridgehead atoms. The van der Waals surface area contributed by atoms with E-state index >= 15 is 0 Å². The third-order valence-electron chi connectivity index (χ3n) is 4.03. The molecule has 0 radical (unpaired) electrons. The smallest absolute Gasteiger partial charge is 0.309 e. The first kappa shape index (κ1) is 18.5. The highest BCUT2D eigenvalue weighted by Gasteiger charge is 2.29. The molecule has 2 rings (SSSR count). The molecule has 0 spiro atoms. The molecule has 0 aromatic carbocycles. The van der Waals surface area contributed by atoms with E-state index in [9.17, 15) is 14.9 Å². The van der Waals surface area contributed by atoms with E-state index in [4.69, 9.17) is 4.74 Å². The fourth-order valence-corrected chi connectivity index (χ4v) is 2.59. The SMILES string of the molecule is CCOC(=O)C1CCN(C(=O)/C(C#N)=C\Nc2ccc(C)cn2)CC1. The molecule has 1 aromatic heterocycles. The highest BCUT2D eigenvalue weighted by atomic mass is 16.5. The van der Waals surface area contributed by atoms with Crippen molar-refractivity contribution in [2.24, 2.45) is 5.92 Å². The number of nitriles is 1. The zero-order valence-electron chi connectivity index (χ0n) is 14.5. The maximum absolute atomic E-state index is 12.5. The Hall–Kier alpha value is -2.88. The van der Waals surface area contributed by atoms with Crippen molar-refractivity contribution >= 4 is 17.7 Å². The summed E-state index contributed by atoms with van der Waals surface area (Å²) in [7, 11) is 0. The molecule has 1 saturated heterocycles. The van der Waals surface area contributed by atoms with Crippen LogP contribution in [0, 0.1) is 24.2 Å². The van der Waals surface area contributed by atoms with Crippen molar-refractivity contribution in [3.8, 4) is 6.07 Å². The number of rotatable bonds is 5. The number of esters is 1. The molecule has 1 aliphatic heterocycles. The molecule has 0 saturated carbocycles. The number of likely N-dealkylation sites (tertiary alicyclic amines) is 1. The highest BCUT2D eigenvalue weighted by Crippen LogP contribution is 2.20. The normalized spacial score (nSPS) is 15.4. The quantitative estimate of drug-likeness (QED) is 0.500. The molecule has 7 nitrogen and oxygen atoms in total. The molecule has 0 aliphatic carbocycles. The van der Waals surface area contributed by atoms with Crippen LogP contribution in [0.2, 0.25) is 0 Å². The molecule has 25 heavy (non-hydrogen) atoms.